The number of benzene rings is 2. The molecule has 0 unspecified atom stereocenters. The molecule has 0 radical (unpaired) electrons. The number of carbonyl (C=O) groups is 1. The molecule has 2 aromatic carbocycles. The van der Waals surface area contributed by atoms with E-state index in [1.807, 2.05) is 30.3 Å². The molecule has 28 heavy (non-hydrogen) atoms. The maximum absolute atomic E-state index is 12.2. The molecule has 0 atom stereocenters. The lowest BCUT2D eigenvalue weighted by Crippen LogP contribution is -2.28. The Morgan fingerprint density at radius 1 is 1.07 bits per heavy atom. The van der Waals surface area contributed by atoms with Crippen molar-refractivity contribution >= 4 is 11.7 Å². The van der Waals surface area contributed by atoms with Gasteiger partial charge in [0, 0.05) is 17.3 Å². The van der Waals surface area contributed by atoms with Crippen molar-refractivity contribution in [2.45, 2.75) is 6.54 Å². The Bertz CT molecular complexity index is 992. The Morgan fingerprint density at radius 2 is 1.89 bits per heavy atom. The molecule has 3 aromatic rings. The molecule has 8 nitrogen and oxygen atoms in total. The van der Waals surface area contributed by atoms with Crippen LogP contribution in [0.2, 0.25) is 0 Å². The van der Waals surface area contributed by atoms with Crippen LogP contribution in [0.4, 0.5) is 10.5 Å². The second kappa shape index (κ2) is 7.83. The summed E-state index contributed by atoms with van der Waals surface area (Å²) in [5.74, 6) is 2.05. The van der Waals surface area contributed by atoms with E-state index >= 15 is 0 Å². The molecule has 0 aliphatic carbocycles. The molecule has 142 valence electrons. The van der Waals surface area contributed by atoms with E-state index < -0.39 is 0 Å². The smallest absolute Gasteiger partial charge is 0.319 e. The van der Waals surface area contributed by atoms with Crippen LogP contribution < -0.4 is 24.8 Å². The number of amides is 2. The van der Waals surface area contributed by atoms with Crippen LogP contribution in [0.3, 0.4) is 0 Å². The summed E-state index contributed by atoms with van der Waals surface area (Å²) < 4.78 is 15.7. The summed E-state index contributed by atoms with van der Waals surface area (Å²) in [4.78, 5) is 20.7. The number of methoxy groups -OCH3 is 1. The van der Waals surface area contributed by atoms with Gasteiger partial charge in [0.25, 0.3) is 0 Å². The zero-order valence-corrected chi connectivity index (χ0v) is 15.1. The van der Waals surface area contributed by atoms with E-state index in [0.29, 0.717) is 22.9 Å². The number of rotatable bonds is 5. The number of aromatic nitrogens is 2. The molecule has 0 fully saturated rings. The highest BCUT2D eigenvalue weighted by atomic mass is 16.7. The van der Waals surface area contributed by atoms with Gasteiger partial charge in [0.15, 0.2) is 11.5 Å². The summed E-state index contributed by atoms with van der Waals surface area (Å²) in [5.41, 5.74) is 3.02. The minimum Gasteiger partial charge on any atom is -0.497 e. The van der Waals surface area contributed by atoms with Crippen molar-refractivity contribution in [1.82, 2.24) is 15.3 Å². The fraction of sp³-hybridized carbons (Fsp3) is 0.150. The third kappa shape index (κ3) is 3.96. The SMILES string of the molecule is COc1ccc(-c2cc(CNC(=O)Nc3ccc4c(c3)OCO4)ncn2)cc1. The Balaban J connectivity index is 1.37. The fourth-order valence-electron chi connectivity index (χ4n) is 2.73. The van der Waals surface area contributed by atoms with Gasteiger partial charge < -0.3 is 24.8 Å². The highest BCUT2D eigenvalue weighted by Gasteiger charge is 2.14. The highest BCUT2D eigenvalue weighted by Crippen LogP contribution is 2.34. The van der Waals surface area contributed by atoms with Crippen molar-refractivity contribution < 1.29 is 19.0 Å². The van der Waals surface area contributed by atoms with Gasteiger partial charge in [-0.15, -0.1) is 0 Å². The lowest BCUT2D eigenvalue weighted by Gasteiger charge is -2.09. The average molecular weight is 378 g/mol. The van der Waals surface area contributed by atoms with Crippen molar-refractivity contribution in [3.05, 3.63) is 60.6 Å². The Kier molecular flexibility index (Phi) is 4.92. The maximum atomic E-state index is 12.2. The van der Waals surface area contributed by atoms with E-state index in [2.05, 4.69) is 20.6 Å². The minimum absolute atomic E-state index is 0.190. The van der Waals surface area contributed by atoms with Crippen molar-refractivity contribution in [3.63, 3.8) is 0 Å². The number of fused-ring (bicyclic) bond motifs is 1. The molecule has 1 aliphatic heterocycles. The third-order valence-corrected chi connectivity index (χ3v) is 4.17. The van der Waals surface area contributed by atoms with E-state index in [4.69, 9.17) is 14.2 Å². The summed E-state index contributed by atoms with van der Waals surface area (Å²) in [6.45, 7) is 0.456. The summed E-state index contributed by atoms with van der Waals surface area (Å²) >= 11 is 0. The zero-order chi connectivity index (χ0) is 19.3. The van der Waals surface area contributed by atoms with E-state index in [0.717, 1.165) is 17.0 Å². The highest BCUT2D eigenvalue weighted by molar-refractivity contribution is 5.89. The molecular weight excluding hydrogens is 360 g/mol. The van der Waals surface area contributed by atoms with Gasteiger partial charge in [-0.25, -0.2) is 14.8 Å². The number of urea groups is 1. The number of carbonyl (C=O) groups excluding carboxylic acids is 1. The number of hydrogen-bond donors (Lipinski definition) is 2. The summed E-state index contributed by atoms with van der Waals surface area (Å²) in [6, 6.07) is 14.3. The number of ether oxygens (including phenoxy) is 3. The monoisotopic (exact) mass is 378 g/mol. The Morgan fingerprint density at radius 3 is 2.71 bits per heavy atom. The van der Waals surface area contributed by atoms with E-state index in [9.17, 15) is 4.79 Å². The molecule has 8 heteroatoms. The van der Waals surface area contributed by atoms with Gasteiger partial charge in [0.2, 0.25) is 6.79 Å². The van der Waals surface area contributed by atoms with E-state index in [1.165, 1.54) is 6.33 Å². The van der Waals surface area contributed by atoms with Crippen LogP contribution in [0.25, 0.3) is 11.3 Å². The summed E-state index contributed by atoms with van der Waals surface area (Å²) in [5, 5.41) is 5.54. The Hall–Kier alpha value is -3.81. The van der Waals surface area contributed by atoms with Crippen LogP contribution in [-0.4, -0.2) is 29.9 Å². The van der Waals surface area contributed by atoms with Crippen molar-refractivity contribution in [3.8, 4) is 28.5 Å². The van der Waals surface area contributed by atoms with Crippen LogP contribution >= 0.6 is 0 Å². The van der Waals surface area contributed by atoms with Crippen LogP contribution in [0, 0.1) is 0 Å². The number of hydrogen-bond acceptors (Lipinski definition) is 6. The first-order valence-electron chi connectivity index (χ1n) is 8.61. The minimum atomic E-state index is -0.344. The average Bonchev–Trinajstić information content (AvgIpc) is 3.20. The van der Waals surface area contributed by atoms with Crippen LogP contribution in [0.1, 0.15) is 5.69 Å². The predicted molar refractivity (Wildman–Crippen MR) is 102 cm³/mol. The van der Waals surface area contributed by atoms with Gasteiger partial charge in [-0.3, -0.25) is 0 Å². The normalized spacial score (nSPS) is 11.8. The van der Waals surface area contributed by atoms with Crippen molar-refractivity contribution in [2.24, 2.45) is 0 Å². The van der Waals surface area contributed by atoms with E-state index in [-0.39, 0.29) is 19.4 Å². The van der Waals surface area contributed by atoms with Gasteiger partial charge in [0.1, 0.15) is 12.1 Å². The summed E-state index contributed by atoms with van der Waals surface area (Å²) in [7, 11) is 1.62. The molecule has 1 aliphatic rings. The molecular formula is C20H18N4O4. The van der Waals surface area contributed by atoms with Gasteiger partial charge in [-0.1, -0.05) is 0 Å². The zero-order valence-electron chi connectivity index (χ0n) is 15.1. The molecule has 1 aromatic heterocycles. The largest absolute Gasteiger partial charge is 0.497 e. The predicted octanol–water partition coefficient (Wildman–Crippen LogP) is 3.20. The van der Waals surface area contributed by atoms with Crippen LogP contribution in [-0.2, 0) is 6.54 Å². The standard InChI is InChI=1S/C20H18N4O4/c1-26-16-5-2-13(3-6-16)17-8-15(22-11-23-17)10-21-20(25)24-14-4-7-18-19(9-14)28-12-27-18/h2-9,11H,10,12H2,1H3,(H2,21,24,25). The number of nitrogens with one attached hydrogen (secondary N) is 2. The first-order valence-corrected chi connectivity index (χ1v) is 8.61. The first kappa shape index (κ1) is 17.6. The Labute approximate surface area is 161 Å². The van der Waals surface area contributed by atoms with Crippen LogP contribution in [0.15, 0.2) is 54.9 Å². The first-order chi connectivity index (χ1) is 13.7. The van der Waals surface area contributed by atoms with Gasteiger partial charge >= 0.3 is 6.03 Å². The number of anilines is 1. The molecule has 0 bridgehead atoms. The van der Waals surface area contributed by atoms with Gasteiger partial charge in [0.05, 0.1) is 25.0 Å². The van der Waals surface area contributed by atoms with Crippen molar-refractivity contribution in [2.75, 3.05) is 19.2 Å². The summed E-state index contributed by atoms with van der Waals surface area (Å²) in [6.07, 6.45) is 1.48. The molecule has 0 saturated carbocycles. The quantitative estimate of drug-likeness (QED) is 0.708. The van der Waals surface area contributed by atoms with E-state index in [1.54, 1.807) is 25.3 Å². The maximum Gasteiger partial charge on any atom is 0.319 e. The molecule has 4 rings (SSSR count). The molecule has 2 amide bonds. The molecule has 2 heterocycles. The molecule has 2 N–H and O–H groups in total. The lowest BCUT2D eigenvalue weighted by atomic mass is 10.1. The topological polar surface area (TPSA) is 94.6 Å². The lowest BCUT2D eigenvalue weighted by molar-refractivity contribution is 0.174. The molecule has 0 saturated heterocycles. The van der Waals surface area contributed by atoms with Crippen LogP contribution in [0.5, 0.6) is 17.2 Å². The third-order valence-electron chi connectivity index (χ3n) is 4.17. The van der Waals surface area contributed by atoms with Gasteiger partial charge in [-0.2, -0.15) is 0 Å². The van der Waals surface area contributed by atoms with Gasteiger partial charge in [-0.05, 0) is 42.5 Å². The second-order valence-electron chi connectivity index (χ2n) is 6.00. The second-order valence-corrected chi connectivity index (χ2v) is 6.00. The molecule has 0 spiro atoms. The fourth-order valence-corrected chi connectivity index (χ4v) is 2.73. The van der Waals surface area contributed by atoms with Crippen molar-refractivity contribution in [1.29, 1.82) is 0 Å². The number of nitrogens with zero attached hydrogens (tertiary/aromatic N) is 2.